The summed E-state index contributed by atoms with van der Waals surface area (Å²) in [5.41, 5.74) is 3.76. The zero-order valence-electron chi connectivity index (χ0n) is 12.7. The van der Waals surface area contributed by atoms with Gasteiger partial charge in [0.05, 0.1) is 6.20 Å². The lowest BCUT2D eigenvalue weighted by Gasteiger charge is -2.09. The number of hydrogen-bond acceptors (Lipinski definition) is 4. The van der Waals surface area contributed by atoms with Crippen LogP contribution in [0.3, 0.4) is 0 Å². The van der Waals surface area contributed by atoms with Crippen LogP contribution in [0.4, 0.5) is 5.82 Å². The van der Waals surface area contributed by atoms with Crippen molar-refractivity contribution in [1.82, 2.24) is 19.4 Å². The molecule has 0 fully saturated rings. The van der Waals surface area contributed by atoms with E-state index in [1.54, 1.807) is 24.8 Å². The van der Waals surface area contributed by atoms with Crippen molar-refractivity contribution in [2.75, 3.05) is 5.32 Å². The number of imidazole rings is 1. The van der Waals surface area contributed by atoms with Crippen molar-refractivity contribution in [3.8, 4) is 11.3 Å². The highest BCUT2D eigenvalue weighted by atomic mass is 35.5. The van der Waals surface area contributed by atoms with Crippen LogP contribution in [0.25, 0.3) is 16.9 Å². The van der Waals surface area contributed by atoms with Crippen LogP contribution in [-0.4, -0.2) is 19.4 Å². The molecule has 0 aliphatic rings. The number of nitrogens with one attached hydrogen (secondary N) is 1. The summed E-state index contributed by atoms with van der Waals surface area (Å²) in [6, 6.07) is 11.7. The number of nitrogens with zero attached hydrogens (tertiary/aromatic N) is 4. The highest BCUT2D eigenvalue weighted by Gasteiger charge is 2.13. The third-order valence-electron chi connectivity index (χ3n) is 3.73. The first-order valence-corrected chi connectivity index (χ1v) is 7.90. The summed E-state index contributed by atoms with van der Waals surface area (Å²) in [6.45, 7) is 0.648. The largest absolute Gasteiger partial charge is 0.365 e. The first-order valence-electron chi connectivity index (χ1n) is 7.52. The second-order valence-corrected chi connectivity index (χ2v) is 5.77. The molecule has 6 heteroatoms. The Bertz CT molecular complexity index is 981. The van der Waals surface area contributed by atoms with E-state index in [9.17, 15) is 0 Å². The van der Waals surface area contributed by atoms with Gasteiger partial charge in [0.25, 0.3) is 0 Å². The first-order chi connectivity index (χ1) is 11.8. The topological polar surface area (TPSA) is 55.1 Å². The van der Waals surface area contributed by atoms with E-state index in [0.29, 0.717) is 6.54 Å². The molecule has 5 nitrogen and oxygen atoms in total. The van der Waals surface area contributed by atoms with Crippen molar-refractivity contribution in [2.45, 2.75) is 6.54 Å². The number of fused-ring (bicyclic) bond motifs is 1. The minimum atomic E-state index is 0.648. The second-order valence-electron chi connectivity index (χ2n) is 5.33. The second kappa shape index (κ2) is 6.29. The average Bonchev–Trinajstić information content (AvgIpc) is 2.99. The van der Waals surface area contributed by atoms with Crippen molar-refractivity contribution < 1.29 is 0 Å². The molecule has 0 bridgehead atoms. The summed E-state index contributed by atoms with van der Waals surface area (Å²) in [4.78, 5) is 12.9. The monoisotopic (exact) mass is 335 g/mol. The van der Waals surface area contributed by atoms with Gasteiger partial charge in [0.2, 0.25) is 0 Å². The lowest BCUT2D eigenvalue weighted by Crippen LogP contribution is -2.03. The summed E-state index contributed by atoms with van der Waals surface area (Å²) in [5.74, 6) is 0.915. The molecule has 0 spiro atoms. The van der Waals surface area contributed by atoms with E-state index in [1.165, 1.54) is 0 Å². The third kappa shape index (κ3) is 2.81. The Labute approximate surface area is 144 Å². The van der Waals surface area contributed by atoms with Crippen LogP contribution in [0.1, 0.15) is 5.56 Å². The van der Waals surface area contributed by atoms with Crippen LogP contribution < -0.4 is 5.32 Å². The lowest BCUT2D eigenvalue weighted by molar-refractivity contribution is 1.07. The van der Waals surface area contributed by atoms with Crippen molar-refractivity contribution in [2.24, 2.45) is 0 Å². The maximum absolute atomic E-state index is 6.07. The van der Waals surface area contributed by atoms with Crippen LogP contribution in [-0.2, 0) is 6.54 Å². The van der Waals surface area contributed by atoms with Gasteiger partial charge in [0, 0.05) is 41.9 Å². The van der Waals surface area contributed by atoms with Crippen molar-refractivity contribution in [3.05, 3.63) is 78.0 Å². The lowest BCUT2D eigenvalue weighted by atomic mass is 10.2. The maximum Gasteiger partial charge on any atom is 0.157 e. The molecule has 4 aromatic rings. The Morgan fingerprint density at radius 1 is 1.04 bits per heavy atom. The van der Waals surface area contributed by atoms with Crippen LogP contribution in [0.2, 0.25) is 5.02 Å². The maximum atomic E-state index is 6.07. The third-order valence-corrected chi connectivity index (χ3v) is 3.97. The van der Waals surface area contributed by atoms with Gasteiger partial charge in [-0.2, -0.15) is 0 Å². The van der Waals surface area contributed by atoms with Crippen LogP contribution in [0, 0.1) is 0 Å². The Balaban J connectivity index is 1.75. The minimum Gasteiger partial charge on any atom is -0.365 e. The molecule has 118 valence electrons. The molecule has 0 aliphatic carbocycles. The minimum absolute atomic E-state index is 0.648. The fourth-order valence-electron chi connectivity index (χ4n) is 2.62. The van der Waals surface area contributed by atoms with Gasteiger partial charge in [0.1, 0.15) is 11.5 Å². The zero-order chi connectivity index (χ0) is 16.4. The molecule has 3 heterocycles. The predicted octanol–water partition coefficient (Wildman–Crippen LogP) is 4.06. The van der Waals surface area contributed by atoms with Gasteiger partial charge in [-0.1, -0.05) is 23.7 Å². The number of anilines is 1. The van der Waals surface area contributed by atoms with E-state index < -0.39 is 0 Å². The van der Waals surface area contributed by atoms with Crippen molar-refractivity contribution >= 4 is 23.1 Å². The Morgan fingerprint density at radius 3 is 2.75 bits per heavy atom. The van der Waals surface area contributed by atoms with E-state index >= 15 is 0 Å². The summed E-state index contributed by atoms with van der Waals surface area (Å²) >= 11 is 6.07. The molecular formula is C18H14ClN5. The number of rotatable bonds is 4. The van der Waals surface area contributed by atoms with Gasteiger partial charge in [-0.15, -0.1) is 0 Å². The summed E-state index contributed by atoms with van der Waals surface area (Å²) in [6.07, 6.45) is 8.91. The SMILES string of the molecule is Clc1cccc(CNc2c(-c3ccncc3)nc3cnccn23)c1. The highest BCUT2D eigenvalue weighted by Crippen LogP contribution is 2.28. The zero-order valence-corrected chi connectivity index (χ0v) is 13.5. The molecule has 0 saturated heterocycles. The summed E-state index contributed by atoms with van der Waals surface area (Å²) in [5, 5.41) is 4.20. The predicted molar refractivity (Wildman–Crippen MR) is 95.0 cm³/mol. The molecule has 0 amide bonds. The van der Waals surface area contributed by atoms with Gasteiger partial charge in [-0.3, -0.25) is 14.4 Å². The van der Waals surface area contributed by atoms with E-state index in [1.807, 2.05) is 47.0 Å². The Kier molecular flexibility index (Phi) is 3.84. The van der Waals surface area contributed by atoms with Crippen molar-refractivity contribution in [1.29, 1.82) is 0 Å². The normalized spacial score (nSPS) is 10.9. The van der Waals surface area contributed by atoms with Crippen LogP contribution in [0.15, 0.2) is 67.4 Å². The molecule has 1 N–H and O–H groups in total. The van der Waals surface area contributed by atoms with Gasteiger partial charge in [-0.05, 0) is 29.8 Å². The van der Waals surface area contributed by atoms with Gasteiger partial charge >= 0.3 is 0 Å². The quantitative estimate of drug-likeness (QED) is 0.611. The Morgan fingerprint density at radius 2 is 1.92 bits per heavy atom. The van der Waals surface area contributed by atoms with Gasteiger partial charge in [-0.25, -0.2) is 4.98 Å². The molecular weight excluding hydrogens is 322 g/mol. The molecule has 0 radical (unpaired) electrons. The number of hydrogen-bond donors (Lipinski definition) is 1. The van der Waals surface area contributed by atoms with E-state index in [4.69, 9.17) is 16.6 Å². The molecule has 0 saturated carbocycles. The van der Waals surface area contributed by atoms with Gasteiger partial charge in [0.15, 0.2) is 5.65 Å². The highest BCUT2D eigenvalue weighted by molar-refractivity contribution is 6.30. The molecule has 0 unspecified atom stereocenters. The molecule has 4 rings (SSSR count). The van der Waals surface area contributed by atoms with E-state index in [-0.39, 0.29) is 0 Å². The van der Waals surface area contributed by atoms with Crippen molar-refractivity contribution in [3.63, 3.8) is 0 Å². The molecule has 1 aromatic carbocycles. The van der Waals surface area contributed by atoms with Gasteiger partial charge < -0.3 is 5.32 Å². The summed E-state index contributed by atoms with van der Waals surface area (Å²) in [7, 11) is 0. The smallest absolute Gasteiger partial charge is 0.157 e. The standard InChI is InChI=1S/C18H14ClN5/c19-15-3-1-2-13(10-15)11-22-18-17(14-4-6-20-7-5-14)23-16-12-21-8-9-24(16)18/h1-10,12,22H,11H2. The molecule has 3 aromatic heterocycles. The summed E-state index contributed by atoms with van der Waals surface area (Å²) < 4.78 is 1.99. The molecule has 0 aliphatic heterocycles. The Hall–Kier alpha value is -2.92. The van der Waals surface area contributed by atoms with Crippen LogP contribution >= 0.6 is 11.6 Å². The number of pyridine rings is 1. The molecule has 0 atom stereocenters. The van der Waals surface area contributed by atoms with E-state index in [2.05, 4.69) is 15.3 Å². The fraction of sp³-hybridized carbons (Fsp3) is 0.0556. The molecule has 24 heavy (non-hydrogen) atoms. The average molecular weight is 336 g/mol. The van der Waals surface area contributed by atoms with Crippen LogP contribution in [0.5, 0.6) is 0 Å². The number of benzene rings is 1. The fourth-order valence-corrected chi connectivity index (χ4v) is 2.83. The number of halogens is 1. The first kappa shape index (κ1) is 14.7. The van der Waals surface area contributed by atoms with E-state index in [0.717, 1.165) is 33.3 Å². The number of aromatic nitrogens is 4.